The van der Waals surface area contributed by atoms with Crippen molar-refractivity contribution in [1.29, 1.82) is 0 Å². The maximum atomic E-state index is 12.5. The van der Waals surface area contributed by atoms with Crippen molar-refractivity contribution in [3.8, 4) is 0 Å². The molecule has 0 spiro atoms. The number of anilines is 2. The Balaban J connectivity index is 2.04. The van der Waals surface area contributed by atoms with Crippen molar-refractivity contribution in [2.75, 3.05) is 44.4 Å². The number of hydrogen-bond donors (Lipinski definition) is 3. The summed E-state index contributed by atoms with van der Waals surface area (Å²) in [6.45, 7) is 5.61. The van der Waals surface area contributed by atoms with Crippen molar-refractivity contribution in [1.82, 2.24) is 4.72 Å². The molecule has 0 saturated heterocycles. The number of amides is 1. The summed E-state index contributed by atoms with van der Waals surface area (Å²) in [7, 11) is 1.80. The number of benzene rings is 2. The van der Waals surface area contributed by atoms with Gasteiger partial charge in [0.15, 0.2) is 6.54 Å². The molecule has 0 aliphatic rings. The van der Waals surface area contributed by atoms with Crippen LogP contribution >= 0.6 is 0 Å². The summed E-state index contributed by atoms with van der Waals surface area (Å²) >= 11 is 0. The SMILES string of the molecule is CC[NH+](CC(=O)Nc1ccc(C)c(S(=O)(=O)NC)c1)Cc1ccc(N(C)C)cc1. The highest BCUT2D eigenvalue weighted by atomic mass is 32.2. The molecule has 2 aromatic rings. The van der Waals surface area contributed by atoms with Gasteiger partial charge in [-0.2, -0.15) is 0 Å². The Kier molecular flexibility index (Phi) is 7.78. The van der Waals surface area contributed by atoms with Crippen LogP contribution in [0.4, 0.5) is 11.4 Å². The largest absolute Gasteiger partial charge is 0.378 e. The Morgan fingerprint density at radius 2 is 1.76 bits per heavy atom. The number of hydrogen-bond acceptors (Lipinski definition) is 4. The number of aryl methyl sites for hydroxylation is 1. The van der Waals surface area contributed by atoms with Gasteiger partial charge in [0, 0.05) is 31.0 Å². The highest BCUT2D eigenvalue weighted by Crippen LogP contribution is 2.19. The molecule has 3 N–H and O–H groups in total. The second-order valence-electron chi connectivity index (χ2n) is 7.25. The molecule has 0 aromatic heterocycles. The van der Waals surface area contributed by atoms with Gasteiger partial charge >= 0.3 is 0 Å². The minimum absolute atomic E-state index is 0.150. The number of nitrogens with zero attached hydrogens (tertiary/aromatic N) is 1. The lowest BCUT2D eigenvalue weighted by Crippen LogP contribution is -3.11. The van der Waals surface area contributed by atoms with Gasteiger partial charge in [-0.05, 0) is 50.7 Å². The third-order valence-electron chi connectivity index (χ3n) is 4.85. The van der Waals surface area contributed by atoms with Gasteiger partial charge in [-0.1, -0.05) is 18.2 Å². The molecule has 0 heterocycles. The van der Waals surface area contributed by atoms with E-state index in [1.807, 2.05) is 25.9 Å². The molecule has 0 fully saturated rings. The van der Waals surface area contributed by atoms with Crippen LogP contribution in [-0.4, -0.2) is 48.6 Å². The van der Waals surface area contributed by atoms with Crippen molar-refractivity contribution in [3.63, 3.8) is 0 Å². The monoisotopic (exact) mass is 419 g/mol. The summed E-state index contributed by atoms with van der Waals surface area (Å²) in [5.74, 6) is -0.150. The summed E-state index contributed by atoms with van der Waals surface area (Å²) < 4.78 is 26.6. The zero-order chi connectivity index (χ0) is 21.6. The first-order valence-electron chi connectivity index (χ1n) is 9.60. The summed E-state index contributed by atoms with van der Waals surface area (Å²) in [4.78, 5) is 15.9. The zero-order valence-corrected chi connectivity index (χ0v) is 18.6. The first kappa shape index (κ1) is 22.9. The lowest BCUT2D eigenvalue weighted by atomic mass is 10.2. The van der Waals surface area contributed by atoms with E-state index in [9.17, 15) is 13.2 Å². The van der Waals surface area contributed by atoms with E-state index in [0.29, 0.717) is 17.8 Å². The minimum atomic E-state index is -3.58. The van der Waals surface area contributed by atoms with Crippen LogP contribution in [0.15, 0.2) is 47.4 Å². The minimum Gasteiger partial charge on any atom is -0.378 e. The quantitative estimate of drug-likeness (QED) is 0.567. The van der Waals surface area contributed by atoms with E-state index in [0.717, 1.165) is 29.2 Å². The molecular formula is C21H31N4O3S+. The second kappa shape index (κ2) is 9.87. The van der Waals surface area contributed by atoms with Crippen molar-refractivity contribution in [3.05, 3.63) is 53.6 Å². The van der Waals surface area contributed by atoms with Crippen molar-refractivity contribution in [2.45, 2.75) is 25.3 Å². The molecule has 0 radical (unpaired) electrons. The van der Waals surface area contributed by atoms with Gasteiger partial charge in [0.2, 0.25) is 10.0 Å². The molecule has 8 heteroatoms. The number of carbonyl (C=O) groups excluding carboxylic acids is 1. The summed E-state index contributed by atoms with van der Waals surface area (Å²) in [5, 5.41) is 2.82. The molecule has 2 rings (SSSR count). The molecular weight excluding hydrogens is 388 g/mol. The summed E-state index contributed by atoms with van der Waals surface area (Å²) in [6, 6.07) is 13.2. The fraction of sp³-hybridized carbons (Fsp3) is 0.381. The lowest BCUT2D eigenvalue weighted by molar-refractivity contribution is -0.903. The number of sulfonamides is 1. The smallest absolute Gasteiger partial charge is 0.279 e. The number of rotatable bonds is 9. The second-order valence-corrected chi connectivity index (χ2v) is 9.11. The average molecular weight is 420 g/mol. The van der Waals surface area contributed by atoms with E-state index < -0.39 is 10.0 Å². The predicted molar refractivity (Wildman–Crippen MR) is 117 cm³/mol. The Labute approximate surface area is 173 Å². The fourth-order valence-electron chi connectivity index (χ4n) is 3.02. The standard InChI is InChI=1S/C21H30N4O3S/c1-6-25(14-17-8-11-19(12-9-17)24(4)5)15-21(26)23-18-10-7-16(2)20(13-18)29(27,28)22-3/h7-13,22H,6,14-15H2,1-5H3,(H,23,26)/p+1. The van der Waals surface area contributed by atoms with E-state index in [1.54, 1.807) is 19.1 Å². The first-order valence-corrected chi connectivity index (χ1v) is 11.1. The van der Waals surface area contributed by atoms with E-state index >= 15 is 0 Å². The van der Waals surface area contributed by atoms with Gasteiger partial charge in [0.25, 0.3) is 5.91 Å². The molecule has 0 aliphatic carbocycles. The van der Waals surface area contributed by atoms with Crippen molar-refractivity contribution < 1.29 is 18.1 Å². The highest BCUT2D eigenvalue weighted by Gasteiger charge is 2.17. The van der Waals surface area contributed by atoms with Crippen LogP contribution in [-0.2, 0) is 21.4 Å². The molecule has 0 bridgehead atoms. The van der Waals surface area contributed by atoms with Crippen molar-refractivity contribution in [2.24, 2.45) is 0 Å². The fourth-order valence-corrected chi connectivity index (χ4v) is 4.02. The molecule has 2 aromatic carbocycles. The number of nitrogens with one attached hydrogen (secondary N) is 3. The maximum absolute atomic E-state index is 12.5. The molecule has 29 heavy (non-hydrogen) atoms. The Hall–Kier alpha value is -2.42. The van der Waals surface area contributed by atoms with Gasteiger partial charge in [-0.25, -0.2) is 13.1 Å². The van der Waals surface area contributed by atoms with Gasteiger partial charge in [-0.15, -0.1) is 0 Å². The molecule has 1 unspecified atom stereocenters. The number of carbonyl (C=O) groups is 1. The molecule has 7 nitrogen and oxygen atoms in total. The Morgan fingerprint density at radius 1 is 1.10 bits per heavy atom. The van der Waals surface area contributed by atoms with Crippen LogP contribution < -0.4 is 19.8 Å². The van der Waals surface area contributed by atoms with E-state index in [4.69, 9.17) is 0 Å². The number of quaternary nitrogens is 1. The lowest BCUT2D eigenvalue weighted by Gasteiger charge is -2.18. The maximum Gasteiger partial charge on any atom is 0.279 e. The van der Waals surface area contributed by atoms with Crippen molar-refractivity contribution >= 4 is 27.3 Å². The van der Waals surface area contributed by atoms with Gasteiger partial charge in [-0.3, -0.25) is 4.79 Å². The van der Waals surface area contributed by atoms with Crippen LogP contribution in [0.1, 0.15) is 18.1 Å². The van der Waals surface area contributed by atoms with Crippen LogP contribution in [0.2, 0.25) is 0 Å². The molecule has 0 aliphatic heterocycles. The van der Waals surface area contributed by atoms with Crippen LogP contribution in [0.25, 0.3) is 0 Å². The average Bonchev–Trinajstić information content (AvgIpc) is 2.69. The van der Waals surface area contributed by atoms with E-state index in [-0.39, 0.29) is 10.8 Å². The van der Waals surface area contributed by atoms with Crippen LogP contribution in [0.3, 0.4) is 0 Å². The number of likely N-dealkylation sites (N-methyl/N-ethyl adjacent to an activating group) is 1. The van der Waals surface area contributed by atoms with Gasteiger partial charge < -0.3 is 15.1 Å². The molecule has 158 valence electrons. The Bertz CT molecular complexity index is 941. The van der Waals surface area contributed by atoms with Crippen LogP contribution in [0.5, 0.6) is 0 Å². The zero-order valence-electron chi connectivity index (χ0n) is 17.7. The first-order chi connectivity index (χ1) is 13.7. The molecule has 1 amide bonds. The molecule has 0 saturated carbocycles. The summed E-state index contributed by atoms with van der Waals surface area (Å²) in [6.07, 6.45) is 0. The Morgan fingerprint density at radius 3 is 2.31 bits per heavy atom. The topological polar surface area (TPSA) is 83.0 Å². The van der Waals surface area contributed by atoms with Gasteiger partial charge in [0.1, 0.15) is 6.54 Å². The van der Waals surface area contributed by atoms with E-state index in [2.05, 4.69) is 34.3 Å². The third-order valence-corrected chi connectivity index (χ3v) is 6.40. The van der Waals surface area contributed by atoms with E-state index in [1.165, 1.54) is 13.1 Å². The molecule has 1 atom stereocenters. The highest BCUT2D eigenvalue weighted by molar-refractivity contribution is 7.89. The summed E-state index contributed by atoms with van der Waals surface area (Å²) in [5.41, 5.74) is 3.40. The predicted octanol–water partition coefficient (Wildman–Crippen LogP) is 1.01. The normalized spacial score (nSPS) is 12.4. The van der Waals surface area contributed by atoms with Gasteiger partial charge in [0.05, 0.1) is 11.4 Å². The van der Waals surface area contributed by atoms with Crippen LogP contribution in [0, 0.1) is 6.92 Å². The third kappa shape index (κ3) is 6.28.